The number of aromatic amines is 1. The molecule has 2 heterocycles. The molecular formula is C28H34N6O3. The molecule has 0 aliphatic heterocycles. The number of para-hydroxylation sites is 1. The maximum Gasteiger partial charge on any atom is 0.291 e. The van der Waals surface area contributed by atoms with E-state index in [4.69, 9.17) is 15.9 Å². The van der Waals surface area contributed by atoms with Gasteiger partial charge in [0.15, 0.2) is 5.76 Å². The molecule has 5 rings (SSSR count). The fourth-order valence-electron chi connectivity index (χ4n) is 5.05. The topological polar surface area (TPSA) is 151 Å². The molecule has 8 N–H and O–H groups in total. The van der Waals surface area contributed by atoms with E-state index in [1.165, 1.54) is 0 Å². The standard InChI is InChI=1S/C28H34N6O3/c29-19-14-20(30)16-22(15-19)31-9-3-4-10-32-27(35)24-12-18-11-21(7-8-23(18)34-24)33-28(36)26-13-17-5-1-2-6-25(17)37-26/h1-2,5-8,11-13,19-20,22,31,34H,3-4,9-10,14-16,29-30H2,(H,32,35)(H,33,36)/t19-,20+,22?. The Balaban J connectivity index is 1.09. The zero-order chi connectivity index (χ0) is 25.8. The molecule has 1 aliphatic rings. The van der Waals surface area contributed by atoms with Crippen LogP contribution in [0.25, 0.3) is 21.9 Å². The summed E-state index contributed by atoms with van der Waals surface area (Å²) < 4.78 is 5.64. The highest BCUT2D eigenvalue weighted by atomic mass is 16.3. The van der Waals surface area contributed by atoms with Crippen LogP contribution < -0.4 is 27.4 Å². The molecule has 3 atom stereocenters. The number of nitrogens with one attached hydrogen (secondary N) is 4. The molecule has 1 unspecified atom stereocenters. The quantitative estimate of drug-likeness (QED) is 0.193. The van der Waals surface area contributed by atoms with Gasteiger partial charge in [-0.25, -0.2) is 0 Å². The van der Waals surface area contributed by atoms with Crippen molar-refractivity contribution in [2.75, 3.05) is 18.4 Å². The van der Waals surface area contributed by atoms with Gasteiger partial charge in [0.2, 0.25) is 0 Å². The van der Waals surface area contributed by atoms with Crippen LogP contribution in [0.4, 0.5) is 5.69 Å². The first-order chi connectivity index (χ1) is 17.9. The molecule has 0 saturated heterocycles. The predicted molar refractivity (Wildman–Crippen MR) is 146 cm³/mol. The van der Waals surface area contributed by atoms with Gasteiger partial charge < -0.3 is 36.8 Å². The molecule has 9 heteroatoms. The lowest BCUT2D eigenvalue weighted by atomic mass is 9.88. The fraction of sp³-hybridized carbons (Fsp3) is 0.357. The summed E-state index contributed by atoms with van der Waals surface area (Å²) >= 11 is 0. The number of anilines is 1. The first-order valence-electron chi connectivity index (χ1n) is 12.9. The lowest BCUT2D eigenvalue weighted by Crippen LogP contribution is -2.47. The van der Waals surface area contributed by atoms with E-state index < -0.39 is 0 Å². The maximum absolute atomic E-state index is 12.7. The molecule has 1 saturated carbocycles. The van der Waals surface area contributed by atoms with Crippen LogP contribution in [0.5, 0.6) is 0 Å². The zero-order valence-electron chi connectivity index (χ0n) is 20.8. The van der Waals surface area contributed by atoms with Gasteiger partial charge in [-0.2, -0.15) is 0 Å². The Morgan fingerprint density at radius 3 is 2.49 bits per heavy atom. The van der Waals surface area contributed by atoms with Crippen LogP contribution in [0.2, 0.25) is 0 Å². The average Bonchev–Trinajstić information content (AvgIpc) is 3.49. The van der Waals surface area contributed by atoms with Gasteiger partial charge in [0.25, 0.3) is 11.8 Å². The Morgan fingerprint density at radius 2 is 1.68 bits per heavy atom. The van der Waals surface area contributed by atoms with Crippen molar-refractivity contribution >= 4 is 39.4 Å². The first-order valence-corrected chi connectivity index (χ1v) is 12.9. The van der Waals surface area contributed by atoms with Gasteiger partial charge in [0, 0.05) is 46.6 Å². The van der Waals surface area contributed by atoms with Crippen molar-refractivity contribution in [3.05, 3.63) is 66.1 Å². The van der Waals surface area contributed by atoms with Gasteiger partial charge in [-0.15, -0.1) is 0 Å². The number of rotatable bonds is 9. The number of hydrogen-bond donors (Lipinski definition) is 6. The summed E-state index contributed by atoms with van der Waals surface area (Å²) in [5.74, 6) is -0.231. The van der Waals surface area contributed by atoms with Crippen molar-refractivity contribution in [2.45, 2.75) is 50.2 Å². The third-order valence-electron chi connectivity index (χ3n) is 6.87. The summed E-state index contributed by atoms with van der Waals surface area (Å²) in [6, 6.07) is 17.2. The minimum absolute atomic E-state index is 0.152. The molecule has 9 nitrogen and oxygen atoms in total. The number of unbranched alkanes of at least 4 members (excludes halogenated alkanes) is 1. The van der Waals surface area contributed by atoms with Crippen molar-refractivity contribution in [1.82, 2.24) is 15.6 Å². The third-order valence-corrected chi connectivity index (χ3v) is 6.87. The minimum Gasteiger partial charge on any atom is -0.451 e. The predicted octanol–water partition coefficient (Wildman–Crippen LogP) is 3.47. The van der Waals surface area contributed by atoms with Gasteiger partial charge in [0.1, 0.15) is 11.3 Å². The summed E-state index contributed by atoms with van der Waals surface area (Å²) in [6.45, 7) is 1.48. The Hall–Kier alpha value is -3.66. The van der Waals surface area contributed by atoms with Crippen LogP contribution in [-0.4, -0.2) is 48.0 Å². The van der Waals surface area contributed by atoms with Crippen LogP contribution in [0.15, 0.2) is 59.0 Å². The van der Waals surface area contributed by atoms with Gasteiger partial charge in [0.05, 0.1) is 0 Å². The molecular weight excluding hydrogens is 468 g/mol. The molecule has 2 aromatic carbocycles. The van der Waals surface area contributed by atoms with Crippen LogP contribution in [0.1, 0.15) is 53.1 Å². The van der Waals surface area contributed by atoms with E-state index in [0.717, 1.165) is 54.9 Å². The summed E-state index contributed by atoms with van der Waals surface area (Å²) in [4.78, 5) is 28.4. The zero-order valence-corrected chi connectivity index (χ0v) is 20.8. The number of nitrogens with two attached hydrogens (primary N) is 2. The summed E-state index contributed by atoms with van der Waals surface area (Å²) in [7, 11) is 0. The third kappa shape index (κ3) is 6.19. The Kier molecular flexibility index (Phi) is 7.55. The Bertz CT molecular complexity index is 1350. The van der Waals surface area contributed by atoms with Crippen molar-refractivity contribution in [3.63, 3.8) is 0 Å². The molecule has 0 radical (unpaired) electrons. The van der Waals surface area contributed by atoms with E-state index in [2.05, 4.69) is 20.9 Å². The summed E-state index contributed by atoms with van der Waals surface area (Å²) in [5.41, 5.74) is 14.7. The number of furan rings is 1. The van der Waals surface area contributed by atoms with Gasteiger partial charge in [-0.1, -0.05) is 18.2 Å². The molecule has 1 fully saturated rings. The number of H-pyrrole nitrogens is 1. The monoisotopic (exact) mass is 502 g/mol. The van der Waals surface area contributed by atoms with Crippen molar-refractivity contribution < 1.29 is 14.0 Å². The minimum atomic E-state index is -0.326. The Morgan fingerprint density at radius 1 is 0.892 bits per heavy atom. The molecule has 37 heavy (non-hydrogen) atoms. The van der Waals surface area contributed by atoms with Gasteiger partial charge >= 0.3 is 0 Å². The highest BCUT2D eigenvalue weighted by Gasteiger charge is 2.23. The second kappa shape index (κ2) is 11.2. The summed E-state index contributed by atoms with van der Waals surface area (Å²) in [6.07, 6.45) is 4.67. The normalized spacial score (nSPS) is 19.8. The number of carbonyl (C=O) groups excluding carboxylic acids is 2. The largest absolute Gasteiger partial charge is 0.451 e. The molecule has 4 aromatic rings. The molecule has 2 aromatic heterocycles. The number of carbonyl (C=O) groups is 2. The number of aromatic nitrogens is 1. The number of amides is 2. The van der Waals surface area contributed by atoms with Crippen molar-refractivity contribution in [2.24, 2.45) is 11.5 Å². The van der Waals surface area contributed by atoms with E-state index >= 15 is 0 Å². The lowest BCUT2D eigenvalue weighted by molar-refractivity contribution is 0.0947. The van der Waals surface area contributed by atoms with Crippen LogP contribution in [0, 0.1) is 0 Å². The average molecular weight is 503 g/mol. The van der Waals surface area contributed by atoms with Gasteiger partial charge in [-0.3, -0.25) is 9.59 Å². The van der Waals surface area contributed by atoms with Crippen molar-refractivity contribution in [3.8, 4) is 0 Å². The van der Waals surface area contributed by atoms with Gasteiger partial charge in [-0.05, 0) is 75.0 Å². The van der Waals surface area contributed by atoms with E-state index in [0.29, 0.717) is 29.6 Å². The SMILES string of the molecule is N[C@@H]1CC(NCCCCNC(=O)c2cc3cc(NC(=O)c4cc5ccccc5o4)ccc3[nH]2)C[C@H](N)C1. The number of benzene rings is 2. The second-order valence-corrected chi connectivity index (χ2v) is 9.93. The van der Waals surface area contributed by atoms with E-state index in [-0.39, 0.29) is 29.7 Å². The lowest BCUT2D eigenvalue weighted by Gasteiger charge is -2.31. The highest BCUT2D eigenvalue weighted by molar-refractivity contribution is 6.06. The summed E-state index contributed by atoms with van der Waals surface area (Å²) in [5, 5.41) is 11.1. The molecule has 1 aliphatic carbocycles. The van der Waals surface area contributed by atoms with Crippen LogP contribution in [-0.2, 0) is 0 Å². The second-order valence-electron chi connectivity index (χ2n) is 9.93. The van der Waals surface area contributed by atoms with E-state index in [1.807, 2.05) is 36.4 Å². The van der Waals surface area contributed by atoms with E-state index in [9.17, 15) is 9.59 Å². The Labute approximate surface area is 215 Å². The van der Waals surface area contributed by atoms with E-state index in [1.54, 1.807) is 18.2 Å². The van der Waals surface area contributed by atoms with Crippen molar-refractivity contribution in [1.29, 1.82) is 0 Å². The maximum atomic E-state index is 12.7. The number of hydrogen-bond acceptors (Lipinski definition) is 6. The van der Waals surface area contributed by atoms with Crippen LogP contribution >= 0.6 is 0 Å². The molecule has 0 bridgehead atoms. The smallest absolute Gasteiger partial charge is 0.291 e. The van der Waals surface area contributed by atoms with Crippen LogP contribution in [0.3, 0.4) is 0 Å². The fourth-order valence-corrected chi connectivity index (χ4v) is 5.05. The molecule has 2 amide bonds. The highest BCUT2D eigenvalue weighted by Crippen LogP contribution is 2.23. The molecule has 194 valence electrons. The first kappa shape index (κ1) is 25.0. The number of fused-ring (bicyclic) bond motifs is 2. The molecule has 0 spiro atoms.